The van der Waals surface area contributed by atoms with E-state index in [1.807, 2.05) is 48.0 Å². The van der Waals surface area contributed by atoms with E-state index in [-0.39, 0.29) is 17.8 Å². The lowest BCUT2D eigenvalue weighted by Crippen LogP contribution is -2.30. The number of amides is 2. The Morgan fingerprint density at radius 2 is 1.67 bits per heavy atom. The largest absolute Gasteiger partial charge is 0.370 e. The van der Waals surface area contributed by atoms with E-state index in [0.29, 0.717) is 47.8 Å². The number of hydroxylamine groups is 1. The van der Waals surface area contributed by atoms with E-state index in [1.165, 1.54) is 11.1 Å². The Labute approximate surface area is 268 Å². The molecule has 1 aromatic heterocycles. The Balaban J connectivity index is 1.23. The zero-order valence-electron chi connectivity index (χ0n) is 26.0. The van der Waals surface area contributed by atoms with E-state index in [2.05, 4.69) is 22.2 Å². The van der Waals surface area contributed by atoms with Crippen LogP contribution in [-0.2, 0) is 27.3 Å². The highest BCUT2D eigenvalue weighted by atomic mass is 35.5. The lowest BCUT2D eigenvalue weighted by atomic mass is 9.88. The zero-order chi connectivity index (χ0) is 32.1. The van der Waals surface area contributed by atoms with Crippen molar-refractivity contribution in [1.29, 1.82) is 0 Å². The van der Waals surface area contributed by atoms with Crippen molar-refractivity contribution in [1.82, 2.24) is 15.3 Å². The molecule has 0 fully saturated rings. The molecule has 234 valence electrons. The van der Waals surface area contributed by atoms with E-state index in [0.717, 1.165) is 35.5 Å². The Bertz CT molecular complexity index is 1720. The fourth-order valence-corrected chi connectivity index (χ4v) is 5.40. The molecular formula is C35H38ClN5O4. The summed E-state index contributed by atoms with van der Waals surface area (Å²) in [7, 11) is 0. The maximum Gasteiger partial charge on any atom is 0.329 e. The third kappa shape index (κ3) is 7.61. The van der Waals surface area contributed by atoms with Crippen LogP contribution in [0.2, 0.25) is 5.02 Å². The molecule has 0 unspecified atom stereocenters. The van der Waals surface area contributed by atoms with Crippen molar-refractivity contribution >= 4 is 40.8 Å². The smallest absolute Gasteiger partial charge is 0.329 e. The Morgan fingerprint density at radius 1 is 0.933 bits per heavy atom. The number of nitrogens with zero attached hydrogens (tertiary/aromatic N) is 2. The average Bonchev–Trinajstić information content (AvgIpc) is 3.35. The lowest BCUT2D eigenvalue weighted by Gasteiger charge is -2.20. The van der Waals surface area contributed by atoms with Crippen LogP contribution in [0, 0.1) is 12.3 Å². The quantitative estimate of drug-likeness (QED) is 0.128. The van der Waals surface area contributed by atoms with Crippen molar-refractivity contribution in [3.63, 3.8) is 0 Å². The lowest BCUT2D eigenvalue weighted by molar-refractivity contribution is -0.160. The summed E-state index contributed by atoms with van der Waals surface area (Å²) in [5.74, 6) is -0.666. The third-order valence-electron chi connectivity index (χ3n) is 7.68. The highest BCUT2D eigenvalue weighted by Crippen LogP contribution is 2.38. The second-order valence-electron chi connectivity index (χ2n) is 12.2. The predicted molar refractivity (Wildman–Crippen MR) is 177 cm³/mol. The predicted octanol–water partition coefficient (Wildman–Crippen LogP) is 7.05. The van der Waals surface area contributed by atoms with Gasteiger partial charge in [0.2, 0.25) is 5.91 Å². The van der Waals surface area contributed by atoms with Crippen LogP contribution in [-0.4, -0.2) is 34.1 Å². The summed E-state index contributed by atoms with van der Waals surface area (Å²) in [6, 6.07) is 20.6. The minimum Gasteiger partial charge on any atom is -0.370 e. The van der Waals surface area contributed by atoms with Crippen LogP contribution < -0.4 is 16.1 Å². The molecule has 10 heteroatoms. The molecule has 0 bridgehead atoms. The van der Waals surface area contributed by atoms with Gasteiger partial charge in [-0.2, -0.15) is 10.6 Å². The van der Waals surface area contributed by atoms with Gasteiger partial charge in [0.15, 0.2) is 0 Å². The molecule has 3 N–H and O–H groups in total. The second kappa shape index (κ2) is 13.7. The molecule has 1 heterocycles. The molecule has 45 heavy (non-hydrogen) atoms. The first-order chi connectivity index (χ1) is 21.5. The van der Waals surface area contributed by atoms with Crippen LogP contribution in [0.5, 0.6) is 0 Å². The molecule has 4 aromatic rings. The molecule has 2 amide bonds. The number of benzene rings is 3. The maximum absolute atomic E-state index is 12.9. The number of unbranched alkanes of at least 4 members (excludes halogenated alkanes) is 1. The number of rotatable bonds is 10. The van der Waals surface area contributed by atoms with Crippen LogP contribution in [0.3, 0.4) is 0 Å². The topological polar surface area (TPSA) is 114 Å². The average molecular weight is 628 g/mol. The van der Waals surface area contributed by atoms with Gasteiger partial charge in [-0.05, 0) is 107 Å². The van der Waals surface area contributed by atoms with Crippen LogP contribution in [0.15, 0.2) is 66.7 Å². The molecule has 0 radical (unpaired) electrons. The summed E-state index contributed by atoms with van der Waals surface area (Å²) in [5.41, 5.74) is 10.1. The van der Waals surface area contributed by atoms with Gasteiger partial charge in [0.05, 0.1) is 33.1 Å². The number of nitrogens with one attached hydrogen (secondary N) is 3. The summed E-state index contributed by atoms with van der Waals surface area (Å²) >= 11 is 6.25. The maximum atomic E-state index is 12.9. The first-order valence-corrected chi connectivity index (χ1v) is 15.5. The van der Waals surface area contributed by atoms with Gasteiger partial charge in [-0.25, -0.2) is 9.48 Å². The van der Waals surface area contributed by atoms with Crippen LogP contribution in [0.4, 0.5) is 11.4 Å². The number of aromatic nitrogens is 2. The van der Waals surface area contributed by atoms with Crippen molar-refractivity contribution < 1.29 is 19.2 Å². The van der Waals surface area contributed by atoms with Gasteiger partial charge in [0.25, 0.3) is 5.91 Å². The van der Waals surface area contributed by atoms with Crippen molar-refractivity contribution in [2.24, 2.45) is 5.41 Å². The van der Waals surface area contributed by atoms with Gasteiger partial charge in [-0.3, -0.25) is 9.59 Å². The van der Waals surface area contributed by atoms with Crippen LogP contribution in [0.1, 0.15) is 67.2 Å². The highest BCUT2D eigenvalue weighted by Gasteiger charge is 2.25. The number of carbonyl (C=O) groups excluding carboxylic acids is 3. The summed E-state index contributed by atoms with van der Waals surface area (Å²) in [6.45, 7) is 7.87. The first-order valence-electron chi connectivity index (χ1n) is 15.1. The zero-order valence-corrected chi connectivity index (χ0v) is 26.8. The molecule has 0 aliphatic heterocycles. The molecule has 0 saturated carbocycles. The minimum atomic E-state index is -0.566. The van der Waals surface area contributed by atoms with E-state index < -0.39 is 5.41 Å². The number of anilines is 2. The van der Waals surface area contributed by atoms with E-state index in [4.69, 9.17) is 21.5 Å². The van der Waals surface area contributed by atoms with E-state index in [9.17, 15) is 14.4 Å². The number of carbonyl (C=O) groups is 3. The number of halogens is 1. The summed E-state index contributed by atoms with van der Waals surface area (Å²) in [4.78, 5) is 42.3. The molecule has 9 nitrogen and oxygen atoms in total. The van der Waals surface area contributed by atoms with Crippen molar-refractivity contribution in [3.8, 4) is 16.9 Å². The van der Waals surface area contributed by atoms with Crippen molar-refractivity contribution in [3.05, 3.63) is 94.1 Å². The van der Waals surface area contributed by atoms with Crippen LogP contribution in [0.25, 0.3) is 16.9 Å². The normalized spacial score (nSPS) is 12.2. The van der Waals surface area contributed by atoms with Crippen LogP contribution >= 0.6 is 11.6 Å². The van der Waals surface area contributed by atoms with E-state index in [1.54, 1.807) is 45.0 Å². The number of fused-ring (bicyclic) bond motifs is 3. The summed E-state index contributed by atoms with van der Waals surface area (Å²) in [5, 5.41) is 11.2. The fraction of sp³-hybridized carbons (Fsp3) is 0.314. The Kier molecular flexibility index (Phi) is 9.70. The van der Waals surface area contributed by atoms with Gasteiger partial charge in [0, 0.05) is 35.5 Å². The molecule has 0 saturated heterocycles. The molecule has 1 aliphatic rings. The minimum absolute atomic E-state index is 0.0814. The molecular weight excluding hydrogens is 590 g/mol. The summed E-state index contributed by atoms with van der Waals surface area (Å²) in [6.07, 6.45) is 3.47. The fourth-order valence-electron chi connectivity index (χ4n) is 5.18. The van der Waals surface area contributed by atoms with Gasteiger partial charge < -0.3 is 15.5 Å². The molecule has 3 aromatic carbocycles. The Hall–Kier alpha value is -4.47. The Morgan fingerprint density at radius 3 is 2.40 bits per heavy atom. The monoisotopic (exact) mass is 627 g/mol. The number of aryl methyl sites for hydroxylation is 2. The molecule has 0 spiro atoms. The van der Waals surface area contributed by atoms with E-state index >= 15 is 0 Å². The molecule has 1 aliphatic carbocycles. The van der Waals surface area contributed by atoms with Crippen molar-refractivity contribution in [2.75, 3.05) is 17.2 Å². The third-order valence-corrected chi connectivity index (χ3v) is 8.01. The van der Waals surface area contributed by atoms with Gasteiger partial charge >= 0.3 is 5.97 Å². The molecule has 0 atom stereocenters. The standard InChI is InChI=1S/C35H38ClN5O4/c1-22-27-19-13-23-12-14-25(39-33(43)28-9-5-6-10-30(28)36)21-29(23)32(27)41(40-22)26-17-15-24(16-18-26)38-31(42)11-7-8-20-37-45-34(44)35(2,3)4/h5-6,9-10,12,14-18,21,37H,7-8,11,13,19-20H2,1-4H3,(H,38,42)(H,39,43). The second-order valence-corrected chi connectivity index (χ2v) is 12.6. The first kappa shape index (κ1) is 31.9. The van der Waals surface area contributed by atoms with Gasteiger partial charge in [0.1, 0.15) is 0 Å². The number of hydrogen-bond donors (Lipinski definition) is 3. The van der Waals surface area contributed by atoms with Gasteiger partial charge in [-0.15, -0.1) is 0 Å². The van der Waals surface area contributed by atoms with Gasteiger partial charge in [-0.1, -0.05) is 29.8 Å². The van der Waals surface area contributed by atoms with Crippen molar-refractivity contribution in [2.45, 2.75) is 59.8 Å². The summed E-state index contributed by atoms with van der Waals surface area (Å²) < 4.78 is 1.94. The molecule has 5 rings (SSSR count). The highest BCUT2D eigenvalue weighted by molar-refractivity contribution is 6.34. The number of hydrogen-bond acceptors (Lipinski definition) is 6. The SMILES string of the molecule is Cc1nn(-c2ccc(NC(=O)CCCCNOC(=O)C(C)(C)C)cc2)c2c1CCc1ccc(NC(=O)c3ccccc3Cl)cc1-2.